The summed E-state index contributed by atoms with van der Waals surface area (Å²) in [4.78, 5) is 18.9. The summed E-state index contributed by atoms with van der Waals surface area (Å²) < 4.78 is 2.05. The van der Waals surface area contributed by atoms with Gasteiger partial charge < -0.3 is 0 Å². The molecule has 0 radical (unpaired) electrons. The number of aryl methyl sites for hydroxylation is 2. The molecule has 0 bridgehead atoms. The lowest BCUT2D eigenvalue weighted by Gasteiger charge is -2.20. The number of thioether (sulfide) groups is 1. The van der Waals surface area contributed by atoms with Crippen molar-refractivity contribution in [3.63, 3.8) is 0 Å². The number of nitrogens with zero attached hydrogens (tertiary/aromatic N) is 6. The number of carbonyl (C=O) groups is 1. The molecule has 0 N–H and O–H groups in total. The highest BCUT2D eigenvalue weighted by molar-refractivity contribution is 7.99. The van der Waals surface area contributed by atoms with Gasteiger partial charge in [-0.3, -0.25) is 19.2 Å². The van der Waals surface area contributed by atoms with E-state index in [0.717, 1.165) is 24.1 Å². The summed E-state index contributed by atoms with van der Waals surface area (Å²) in [6.07, 6.45) is 5.19. The van der Waals surface area contributed by atoms with Gasteiger partial charge in [-0.1, -0.05) is 62.0 Å². The van der Waals surface area contributed by atoms with E-state index in [4.69, 9.17) is 0 Å². The van der Waals surface area contributed by atoms with Crippen LogP contribution in [0.5, 0.6) is 0 Å². The number of pyridine rings is 1. The molecule has 35 heavy (non-hydrogen) atoms. The minimum absolute atomic E-state index is 0.0182. The third kappa shape index (κ3) is 5.26. The van der Waals surface area contributed by atoms with Crippen LogP contribution in [0.1, 0.15) is 25.0 Å². The molecule has 7 nitrogen and oxygen atoms in total. The predicted molar refractivity (Wildman–Crippen MR) is 138 cm³/mol. The fraction of sp³-hybridized carbons (Fsp3) is 0.222. The monoisotopic (exact) mass is 482 g/mol. The molecule has 0 aliphatic carbocycles. The standard InChI is InChI=1S/C27H26N6OS/c1-3-20-10-8-11-21(4-2)25(20)33-26(22-12-9-16-29-18-22)30-31-27(33)35-19-24(34)32(17-15-28)23-13-6-5-7-14-23/h5-14,16,18H,3-4,17,19H2,1-2H3. The highest BCUT2D eigenvalue weighted by atomic mass is 32.2. The molecule has 0 fully saturated rings. The van der Waals surface area contributed by atoms with Crippen molar-refractivity contribution in [3.8, 4) is 23.1 Å². The van der Waals surface area contributed by atoms with Crippen molar-refractivity contribution in [2.75, 3.05) is 17.2 Å². The number of benzene rings is 2. The van der Waals surface area contributed by atoms with Gasteiger partial charge in [0.2, 0.25) is 5.91 Å². The van der Waals surface area contributed by atoms with Gasteiger partial charge in [-0.25, -0.2) is 0 Å². The largest absolute Gasteiger partial charge is 0.298 e. The third-order valence-corrected chi connectivity index (χ3v) is 6.58. The van der Waals surface area contributed by atoms with Gasteiger partial charge in [-0.2, -0.15) is 5.26 Å². The number of anilines is 1. The Bertz CT molecular complexity index is 1310. The zero-order chi connectivity index (χ0) is 24.6. The van der Waals surface area contributed by atoms with Crippen LogP contribution in [0.3, 0.4) is 0 Å². The van der Waals surface area contributed by atoms with Crippen LogP contribution in [0.15, 0.2) is 78.2 Å². The van der Waals surface area contributed by atoms with Gasteiger partial charge in [-0.15, -0.1) is 10.2 Å². The molecule has 0 unspecified atom stereocenters. The Morgan fingerprint density at radius 2 is 1.74 bits per heavy atom. The molecule has 0 spiro atoms. The molecule has 2 aromatic heterocycles. The number of rotatable bonds is 9. The molecule has 2 heterocycles. The van der Waals surface area contributed by atoms with Crippen molar-refractivity contribution in [3.05, 3.63) is 84.2 Å². The van der Waals surface area contributed by atoms with Crippen LogP contribution < -0.4 is 4.90 Å². The Kier molecular flexibility index (Phi) is 7.91. The molecule has 4 rings (SSSR count). The summed E-state index contributed by atoms with van der Waals surface area (Å²) in [6, 6.07) is 21.5. The number of para-hydroxylation sites is 2. The number of hydrogen-bond donors (Lipinski definition) is 0. The van der Waals surface area contributed by atoms with Crippen LogP contribution in [-0.4, -0.2) is 38.0 Å². The molecule has 176 valence electrons. The SMILES string of the molecule is CCc1cccc(CC)c1-n1c(SCC(=O)N(CC#N)c2ccccc2)nnc1-c1cccnc1. The lowest BCUT2D eigenvalue weighted by molar-refractivity contribution is -0.116. The Morgan fingerprint density at radius 3 is 2.37 bits per heavy atom. The smallest absolute Gasteiger partial charge is 0.238 e. The van der Waals surface area contributed by atoms with Crippen molar-refractivity contribution in [1.29, 1.82) is 5.26 Å². The number of carbonyl (C=O) groups excluding carboxylic acids is 1. The fourth-order valence-corrected chi connectivity index (χ4v) is 4.77. The van der Waals surface area contributed by atoms with Gasteiger partial charge in [0.05, 0.1) is 17.5 Å². The highest BCUT2D eigenvalue weighted by Gasteiger charge is 2.23. The quantitative estimate of drug-likeness (QED) is 0.244. The molecule has 0 atom stereocenters. The summed E-state index contributed by atoms with van der Waals surface area (Å²) in [5.41, 5.74) is 4.95. The minimum atomic E-state index is -0.167. The summed E-state index contributed by atoms with van der Waals surface area (Å²) >= 11 is 1.32. The van der Waals surface area contributed by atoms with Gasteiger partial charge >= 0.3 is 0 Å². The van der Waals surface area contributed by atoms with E-state index in [1.54, 1.807) is 12.4 Å². The Balaban J connectivity index is 1.74. The van der Waals surface area contributed by atoms with Crippen LogP contribution in [0, 0.1) is 11.3 Å². The number of aromatic nitrogens is 4. The van der Waals surface area contributed by atoms with E-state index in [0.29, 0.717) is 16.7 Å². The van der Waals surface area contributed by atoms with Gasteiger partial charge in [0.1, 0.15) is 6.54 Å². The van der Waals surface area contributed by atoms with E-state index in [1.807, 2.05) is 47.0 Å². The van der Waals surface area contributed by atoms with Gasteiger partial charge in [0.25, 0.3) is 0 Å². The number of hydrogen-bond acceptors (Lipinski definition) is 6. The van der Waals surface area contributed by atoms with Gasteiger partial charge in [-0.05, 0) is 48.2 Å². The van der Waals surface area contributed by atoms with Crippen molar-refractivity contribution < 1.29 is 4.79 Å². The zero-order valence-corrected chi connectivity index (χ0v) is 20.6. The summed E-state index contributed by atoms with van der Waals surface area (Å²) in [5.74, 6) is 0.637. The van der Waals surface area contributed by atoms with E-state index < -0.39 is 0 Å². The number of nitriles is 1. The van der Waals surface area contributed by atoms with E-state index in [1.165, 1.54) is 27.8 Å². The summed E-state index contributed by atoms with van der Waals surface area (Å²) in [7, 11) is 0. The first kappa shape index (κ1) is 24.2. The van der Waals surface area contributed by atoms with E-state index in [9.17, 15) is 10.1 Å². The first-order valence-electron chi connectivity index (χ1n) is 11.5. The molecule has 0 aliphatic rings. The maximum Gasteiger partial charge on any atom is 0.238 e. The predicted octanol–water partition coefficient (Wildman–Crippen LogP) is 5.10. The second kappa shape index (κ2) is 11.4. The molecular weight excluding hydrogens is 456 g/mol. The van der Waals surface area contributed by atoms with Gasteiger partial charge in [0, 0.05) is 23.6 Å². The highest BCUT2D eigenvalue weighted by Crippen LogP contribution is 2.32. The van der Waals surface area contributed by atoms with Crippen LogP contribution in [-0.2, 0) is 17.6 Å². The molecule has 0 saturated heterocycles. The van der Waals surface area contributed by atoms with Crippen molar-refractivity contribution in [1.82, 2.24) is 19.7 Å². The van der Waals surface area contributed by atoms with Crippen LogP contribution >= 0.6 is 11.8 Å². The Morgan fingerprint density at radius 1 is 1.00 bits per heavy atom. The molecular formula is C27H26N6OS. The Labute approximate surface area is 209 Å². The molecule has 0 aliphatic heterocycles. The first-order valence-corrected chi connectivity index (χ1v) is 12.5. The maximum atomic E-state index is 13.2. The fourth-order valence-electron chi connectivity index (χ4n) is 3.96. The van der Waals surface area contributed by atoms with E-state index in [-0.39, 0.29) is 18.2 Å². The van der Waals surface area contributed by atoms with Crippen molar-refractivity contribution >= 4 is 23.4 Å². The lowest BCUT2D eigenvalue weighted by Crippen LogP contribution is -2.32. The summed E-state index contributed by atoms with van der Waals surface area (Å²) in [5, 5.41) is 18.9. The van der Waals surface area contributed by atoms with E-state index >= 15 is 0 Å². The Hall–Kier alpha value is -3.96. The minimum Gasteiger partial charge on any atom is -0.298 e. The second-order valence-corrected chi connectivity index (χ2v) is 8.72. The molecule has 2 aromatic carbocycles. The van der Waals surface area contributed by atoms with E-state index in [2.05, 4.69) is 53.3 Å². The van der Waals surface area contributed by atoms with Crippen molar-refractivity contribution in [2.45, 2.75) is 31.8 Å². The molecule has 0 saturated carbocycles. The lowest BCUT2D eigenvalue weighted by atomic mass is 10.0. The van der Waals surface area contributed by atoms with Crippen molar-refractivity contribution in [2.24, 2.45) is 0 Å². The molecule has 8 heteroatoms. The average Bonchev–Trinajstić information content (AvgIpc) is 3.34. The van der Waals surface area contributed by atoms with Crippen LogP contribution in [0.2, 0.25) is 0 Å². The third-order valence-electron chi connectivity index (χ3n) is 5.66. The number of amides is 1. The topological polar surface area (TPSA) is 87.7 Å². The maximum absolute atomic E-state index is 13.2. The zero-order valence-electron chi connectivity index (χ0n) is 19.8. The second-order valence-electron chi connectivity index (χ2n) is 7.78. The van der Waals surface area contributed by atoms with Crippen LogP contribution in [0.4, 0.5) is 5.69 Å². The molecule has 4 aromatic rings. The van der Waals surface area contributed by atoms with Crippen LogP contribution in [0.25, 0.3) is 17.1 Å². The first-order chi connectivity index (χ1) is 17.2. The summed E-state index contributed by atoms with van der Waals surface area (Å²) in [6.45, 7) is 4.24. The normalized spacial score (nSPS) is 10.7. The van der Waals surface area contributed by atoms with Gasteiger partial charge in [0.15, 0.2) is 11.0 Å². The molecule has 1 amide bonds. The average molecular weight is 483 g/mol.